The van der Waals surface area contributed by atoms with E-state index in [1.165, 1.54) is 0 Å². The summed E-state index contributed by atoms with van der Waals surface area (Å²) < 4.78 is 37.9. The van der Waals surface area contributed by atoms with E-state index in [-0.39, 0.29) is 13.0 Å². The first-order valence-corrected chi connectivity index (χ1v) is 2.64. The number of rotatable bonds is 4. The highest BCUT2D eigenvalue weighted by Gasteiger charge is 2.26. The van der Waals surface area contributed by atoms with Crippen LogP contribution in [-0.2, 0) is 9.53 Å². The molecule has 0 fully saturated rings. The first-order chi connectivity index (χ1) is 4.56. The van der Waals surface area contributed by atoms with Crippen molar-refractivity contribution in [1.29, 1.82) is 0 Å². The lowest BCUT2D eigenvalue weighted by Crippen LogP contribution is -2.17. The summed E-state index contributed by atoms with van der Waals surface area (Å²) in [5.74, 6) is 0. The molecule has 0 aliphatic heterocycles. The Morgan fingerprint density at radius 1 is 1.40 bits per heavy atom. The predicted octanol–water partition coefficient (Wildman–Crippen LogP) is 1.15. The van der Waals surface area contributed by atoms with Crippen molar-refractivity contribution in [2.75, 3.05) is 13.2 Å². The van der Waals surface area contributed by atoms with E-state index >= 15 is 0 Å². The highest BCUT2D eigenvalue weighted by Crippen LogP contribution is 2.14. The van der Waals surface area contributed by atoms with Gasteiger partial charge in [-0.2, -0.15) is 13.2 Å². The van der Waals surface area contributed by atoms with Gasteiger partial charge in [0.2, 0.25) is 0 Å². The van der Waals surface area contributed by atoms with E-state index in [0.29, 0.717) is 6.29 Å². The molecule has 0 aromatic carbocycles. The summed E-state index contributed by atoms with van der Waals surface area (Å²) in [6.07, 6.45) is -3.77. The van der Waals surface area contributed by atoms with Gasteiger partial charge in [0.05, 0.1) is 6.61 Å². The number of carbonyl (C=O) groups excluding carboxylic acids is 1. The molecule has 0 atom stereocenters. The van der Waals surface area contributed by atoms with Gasteiger partial charge in [-0.1, -0.05) is 0 Å². The van der Waals surface area contributed by atoms with Crippen LogP contribution in [0.15, 0.2) is 0 Å². The zero-order valence-corrected chi connectivity index (χ0v) is 5.15. The predicted molar refractivity (Wildman–Crippen MR) is 27.6 cm³/mol. The lowest BCUT2D eigenvalue weighted by molar-refractivity contribution is -0.174. The fraction of sp³-hybridized carbons (Fsp3) is 0.800. The molecular formula is C5H7F3O2. The number of hydrogen-bond donors (Lipinski definition) is 0. The topological polar surface area (TPSA) is 26.3 Å². The Kier molecular flexibility index (Phi) is 4.02. The van der Waals surface area contributed by atoms with Gasteiger partial charge < -0.3 is 9.53 Å². The molecule has 0 heterocycles. The van der Waals surface area contributed by atoms with E-state index in [9.17, 15) is 18.0 Å². The van der Waals surface area contributed by atoms with Crippen molar-refractivity contribution >= 4 is 6.29 Å². The van der Waals surface area contributed by atoms with Crippen molar-refractivity contribution in [3.8, 4) is 0 Å². The van der Waals surface area contributed by atoms with Crippen LogP contribution in [0.1, 0.15) is 6.42 Å². The number of hydrogen-bond acceptors (Lipinski definition) is 2. The molecule has 0 aliphatic carbocycles. The molecule has 0 aromatic rings. The molecule has 0 amide bonds. The van der Waals surface area contributed by atoms with E-state index < -0.39 is 12.8 Å². The zero-order chi connectivity index (χ0) is 8.04. The van der Waals surface area contributed by atoms with Crippen molar-refractivity contribution in [3.05, 3.63) is 0 Å². The van der Waals surface area contributed by atoms with Crippen LogP contribution < -0.4 is 0 Å². The molecule has 2 nitrogen and oxygen atoms in total. The summed E-state index contributed by atoms with van der Waals surface area (Å²) in [5, 5.41) is 0. The van der Waals surface area contributed by atoms with Crippen molar-refractivity contribution in [1.82, 2.24) is 0 Å². The maximum Gasteiger partial charge on any atom is 0.411 e. The third kappa shape index (κ3) is 7.42. The minimum absolute atomic E-state index is 0.0100. The minimum atomic E-state index is -4.29. The van der Waals surface area contributed by atoms with E-state index in [1.807, 2.05) is 0 Å². The summed E-state index contributed by atoms with van der Waals surface area (Å²) in [6, 6.07) is 0. The second kappa shape index (κ2) is 4.27. The number of halogens is 3. The van der Waals surface area contributed by atoms with Gasteiger partial charge in [0, 0.05) is 6.42 Å². The molecular weight excluding hydrogens is 149 g/mol. The number of aldehydes is 1. The SMILES string of the molecule is O=CCCOCC(F)(F)F. The van der Waals surface area contributed by atoms with Crippen molar-refractivity contribution in [2.45, 2.75) is 12.6 Å². The molecule has 0 saturated carbocycles. The van der Waals surface area contributed by atoms with Crippen LogP contribution >= 0.6 is 0 Å². The second-order valence-electron chi connectivity index (χ2n) is 1.62. The molecule has 0 spiro atoms. The largest absolute Gasteiger partial charge is 0.411 e. The van der Waals surface area contributed by atoms with Crippen LogP contribution in [0.5, 0.6) is 0 Å². The van der Waals surface area contributed by atoms with Gasteiger partial charge in [-0.05, 0) is 0 Å². The first kappa shape index (κ1) is 9.42. The summed E-state index contributed by atoms with van der Waals surface area (Å²) >= 11 is 0. The first-order valence-electron chi connectivity index (χ1n) is 2.64. The van der Waals surface area contributed by atoms with Crippen LogP contribution in [0.4, 0.5) is 13.2 Å². The maximum absolute atomic E-state index is 11.3. The molecule has 0 N–H and O–H groups in total. The molecule has 0 saturated heterocycles. The Morgan fingerprint density at radius 2 is 2.00 bits per heavy atom. The Morgan fingerprint density at radius 3 is 2.40 bits per heavy atom. The van der Waals surface area contributed by atoms with Gasteiger partial charge in [0.15, 0.2) is 0 Å². The third-order valence-corrected chi connectivity index (χ3v) is 0.646. The Labute approximate surface area is 56.0 Å². The van der Waals surface area contributed by atoms with Gasteiger partial charge >= 0.3 is 6.18 Å². The number of carbonyl (C=O) groups is 1. The monoisotopic (exact) mass is 156 g/mol. The average Bonchev–Trinajstić information content (AvgIpc) is 1.78. The summed E-state index contributed by atoms with van der Waals surface area (Å²) in [7, 11) is 0. The van der Waals surface area contributed by atoms with Crippen LogP contribution in [-0.4, -0.2) is 25.7 Å². The van der Waals surface area contributed by atoms with Gasteiger partial charge in [0.25, 0.3) is 0 Å². The Balaban J connectivity index is 3.12. The average molecular weight is 156 g/mol. The fourth-order valence-electron chi connectivity index (χ4n) is 0.319. The van der Waals surface area contributed by atoms with Crippen molar-refractivity contribution in [3.63, 3.8) is 0 Å². The van der Waals surface area contributed by atoms with Crippen molar-refractivity contribution < 1.29 is 22.7 Å². The second-order valence-corrected chi connectivity index (χ2v) is 1.62. The molecule has 0 rings (SSSR count). The van der Waals surface area contributed by atoms with Crippen LogP contribution in [0, 0.1) is 0 Å². The van der Waals surface area contributed by atoms with E-state index in [2.05, 4.69) is 4.74 Å². The Hall–Kier alpha value is -0.580. The highest BCUT2D eigenvalue weighted by molar-refractivity contribution is 5.49. The number of ether oxygens (including phenoxy) is 1. The van der Waals surface area contributed by atoms with E-state index in [1.54, 1.807) is 0 Å². The summed E-state index contributed by atoms with van der Waals surface area (Å²) in [6.45, 7) is -1.44. The lowest BCUT2D eigenvalue weighted by atomic mass is 10.5. The highest BCUT2D eigenvalue weighted by atomic mass is 19.4. The molecule has 0 aromatic heterocycles. The van der Waals surface area contributed by atoms with Gasteiger partial charge in [0.1, 0.15) is 12.9 Å². The standard InChI is InChI=1S/C5H7F3O2/c6-5(7,8)4-10-3-1-2-9/h2H,1,3-4H2. The molecule has 5 heteroatoms. The maximum atomic E-state index is 11.3. The van der Waals surface area contributed by atoms with Crippen LogP contribution in [0.2, 0.25) is 0 Å². The fourth-order valence-corrected chi connectivity index (χ4v) is 0.319. The molecule has 0 aliphatic rings. The Bertz CT molecular complexity index is 99.6. The van der Waals surface area contributed by atoms with E-state index in [4.69, 9.17) is 0 Å². The van der Waals surface area contributed by atoms with Gasteiger partial charge in [-0.3, -0.25) is 0 Å². The lowest BCUT2D eigenvalue weighted by Gasteiger charge is -2.04. The molecule has 0 unspecified atom stereocenters. The van der Waals surface area contributed by atoms with Crippen LogP contribution in [0.3, 0.4) is 0 Å². The summed E-state index contributed by atoms with van der Waals surface area (Å²) in [5.41, 5.74) is 0. The molecule has 0 bridgehead atoms. The third-order valence-electron chi connectivity index (χ3n) is 0.646. The molecule has 60 valence electrons. The molecule has 0 radical (unpaired) electrons. The number of alkyl halides is 3. The normalized spacial score (nSPS) is 11.5. The van der Waals surface area contributed by atoms with Gasteiger partial charge in [-0.25, -0.2) is 0 Å². The summed E-state index contributed by atoms with van der Waals surface area (Å²) in [4.78, 5) is 9.57. The van der Waals surface area contributed by atoms with Crippen LogP contribution in [0.25, 0.3) is 0 Å². The smallest absolute Gasteiger partial charge is 0.372 e. The zero-order valence-electron chi connectivity index (χ0n) is 5.15. The quantitative estimate of drug-likeness (QED) is 0.451. The van der Waals surface area contributed by atoms with Crippen molar-refractivity contribution in [2.24, 2.45) is 0 Å². The minimum Gasteiger partial charge on any atom is -0.372 e. The van der Waals surface area contributed by atoms with E-state index in [0.717, 1.165) is 0 Å². The molecule has 10 heavy (non-hydrogen) atoms. The van der Waals surface area contributed by atoms with Gasteiger partial charge in [-0.15, -0.1) is 0 Å².